The zero-order chi connectivity index (χ0) is 14.1. The highest BCUT2D eigenvalue weighted by Gasteiger charge is 2.13. The molecule has 0 radical (unpaired) electrons. The van der Waals surface area contributed by atoms with Crippen LogP contribution in [0.3, 0.4) is 0 Å². The zero-order valence-electron chi connectivity index (χ0n) is 11.6. The van der Waals surface area contributed by atoms with Crippen LogP contribution in [-0.4, -0.2) is 5.78 Å². The molecule has 0 fully saturated rings. The Balaban J connectivity index is 1.80. The van der Waals surface area contributed by atoms with Crippen molar-refractivity contribution >= 4 is 21.7 Å². The third kappa shape index (κ3) is 2.71. The molecule has 0 bridgehead atoms. The number of hydrogen-bond acceptors (Lipinski definition) is 1. The molecule has 20 heavy (non-hydrogen) atoms. The van der Waals surface area contributed by atoms with Crippen LogP contribution in [-0.2, 0) is 19.3 Å². The fraction of sp³-hybridized carbons (Fsp3) is 0.278. The summed E-state index contributed by atoms with van der Waals surface area (Å²) in [5.74, 6) is 0.184. The first kappa shape index (κ1) is 13.6. The summed E-state index contributed by atoms with van der Waals surface area (Å²) >= 11 is 3.49. The number of aryl methyl sites for hydroxylation is 3. The van der Waals surface area contributed by atoms with E-state index in [9.17, 15) is 4.79 Å². The molecule has 1 aliphatic carbocycles. The van der Waals surface area contributed by atoms with Crippen LogP contribution in [0.2, 0.25) is 0 Å². The Morgan fingerprint density at radius 2 is 1.90 bits per heavy atom. The molecule has 3 rings (SSSR count). The lowest BCUT2D eigenvalue weighted by atomic mass is 9.99. The molecule has 0 amide bonds. The topological polar surface area (TPSA) is 17.1 Å². The van der Waals surface area contributed by atoms with Crippen LogP contribution in [0, 0.1) is 6.92 Å². The van der Waals surface area contributed by atoms with Gasteiger partial charge in [-0.05, 0) is 54.5 Å². The van der Waals surface area contributed by atoms with Gasteiger partial charge < -0.3 is 0 Å². The lowest BCUT2D eigenvalue weighted by Gasteiger charge is -2.06. The molecule has 0 N–H and O–H groups in total. The van der Waals surface area contributed by atoms with Crippen LogP contribution in [0.5, 0.6) is 0 Å². The Morgan fingerprint density at radius 1 is 1.10 bits per heavy atom. The van der Waals surface area contributed by atoms with E-state index in [0.717, 1.165) is 27.6 Å². The van der Waals surface area contributed by atoms with Crippen molar-refractivity contribution in [1.29, 1.82) is 0 Å². The van der Waals surface area contributed by atoms with Crippen LogP contribution in [0.25, 0.3) is 0 Å². The average Bonchev–Trinajstić information content (AvgIpc) is 2.89. The van der Waals surface area contributed by atoms with Crippen molar-refractivity contribution in [3.05, 3.63) is 68.7 Å². The monoisotopic (exact) mass is 328 g/mol. The van der Waals surface area contributed by atoms with Crippen molar-refractivity contribution in [3.63, 3.8) is 0 Å². The maximum absolute atomic E-state index is 12.4. The van der Waals surface area contributed by atoms with E-state index >= 15 is 0 Å². The number of benzene rings is 2. The van der Waals surface area contributed by atoms with Gasteiger partial charge in [0.15, 0.2) is 5.78 Å². The van der Waals surface area contributed by atoms with Gasteiger partial charge in [-0.3, -0.25) is 4.79 Å². The number of fused-ring (bicyclic) bond motifs is 1. The van der Waals surface area contributed by atoms with E-state index in [1.807, 2.05) is 25.1 Å². The summed E-state index contributed by atoms with van der Waals surface area (Å²) in [5, 5.41) is 0. The van der Waals surface area contributed by atoms with Crippen molar-refractivity contribution in [3.8, 4) is 0 Å². The molecule has 0 aliphatic heterocycles. The van der Waals surface area contributed by atoms with E-state index in [1.54, 1.807) is 0 Å². The molecule has 2 aromatic rings. The van der Waals surface area contributed by atoms with E-state index in [1.165, 1.54) is 24.0 Å². The lowest BCUT2D eigenvalue weighted by molar-refractivity contribution is 0.0993. The molecular weight excluding hydrogens is 312 g/mol. The largest absolute Gasteiger partial charge is 0.294 e. The molecule has 2 aromatic carbocycles. The van der Waals surface area contributed by atoms with Crippen molar-refractivity contribution in [1.82, 2.24) is 0 Å². The molecule has 102 valence electrons. The van der Waals surface area contributed by atoms with Gasteiger partial charge in [0, 0.05) is 16.5 Å². The highest BCUT2D eigenvalue weighted by Crippen LogP contribution is 2.24. The lowest BCUT2D eigenvalue weighted by Crippen LogP contribution is -2.04. The molecule has 0 unspecified atom stereocenters. The van der Waals surface area contributed by atoms with E-state index in [2.05, 4.69) is 34.1 Å². The Kier molecular flexibility index (Phi) is 3.75. The second-order valence-electron chi connectivity index (χ2n) is 5.52. The van der Waals surface area contributed by atoms with Crippen molar-refractivity contribution in [2.75, 3.05) is 0 Å². The summed E-state index contributed by atoms with van der Waals surface area (Å²) in [6.45, 7) is 2.03. The minimum absolute atomic E-state index is 0.184. The highest BCUT2D eigenvalue weighted by atomic mass is 79.9. The summed E-state index contributed by atoms with van der Waals surface area (Å²) in [4.78, 5) is 12.4. The first-order chi connectivity index (χ1) is 9.63. The number of carbonyl (C=O) groups is 1. The molecule has 2 heteroatoms. The molecular formula is C18H17BrO. The van der Waals surface area contributed by atoms with Crippen LogP contribution in [0.1, 0.15) is 39.0 Å². The van der Waals surface area contributed by atoms with Crippen molar-refractivity contribution < 1.29 is 4.79 Å². The van der Waals surface area contributed by atoms with Gasteiger partial charge >= 0.3 is 0 Å². The summed E-state index contributed by atoms with van der Waals surface area (Å²) in [7, 11) is 0. The first-order valence-corrected chi connectivity index (χ1v) is 7.83. The van der Waals surface area contributed by atoms with E-state index < -0.39 is 0 Å². The third-order valence-corrected chi connectivity index (χ3v) is 4.88. The third-order valence-electron chi connectivity index (χ3n) is 4.02. The Hall–Kier alpha value is -1.41. The Morgan fingerprint density at radius 3 is 2.70 bits per heavy atom. The molecule has 0 aromatic heterocycles. The number of carbonyl (C=O) groups excluding carboxylic acids is 1. The summed E-state index contributed by atoms with van der Waals surface area (Å²) in [6.07, 6.45) is 4.09. The fourth-order valence-electron chi connectivity index (χ4n) is 2.79. The predicted octanol–water partition coefficient (Wildman–Crippen LogP) is 4.67. The molecule has 0 atom stereocenters. The van der Waals surface area contributed by atoms with Crippen LogP contribution < -0.4 is 0 Å². The quantitative estimate of drug-likeness (QED) is 0.748. The Bertz CT molecular complexity index is 673. The minimum atomic E-state index is 0.184. The fourth-order valence-corrected chi connectivity index (χ4v) is 3.17. The molecule has 0 spiro atoms. The number of halogens is 1. The predicted molar refractivity (Wildman–Crippen MR) is 85.4 cm³/mol. The van der Waals surface area contributed by atoms with Gasteiger partial charge in [0.05, 0.1) is 0 Å². The normalized spacial score (nSPS) is 13.3. The first-order valence-electron chi connectivity index (χ1n) is 7.03. The van der Waals surface area contributed by atoms with Crippen LogP contribution in [0.15, 0.2) is 40.9 Å². The van der Waals surface area contributed by atoms with Crippen LogP contribution in [0.4, 0.5) is 0 Å². The molecule has 1 aliphatic rings. The molecule has 1 nitrogen and oxygen atoms in total. The van der Waals surface area contributed by atoms with Crippen molar-refractivity contribution in [2.45, 2.75) is 32.6 Å². The molecule has 0 heterocycles. The molecule has 0 saturated heterocycles. The Labute approximate surface area is 128 Å². The standard InChI is InChI=1S/C18H17BrO/c1-12-5-7-16(11-17(12)19)18(20)10-13-6-8-14-3-2-4-15(14)9-13/h5-9,11H,2-4,10H2,1H3. The maximum Gasteiger partial charge on any atom is 0.167 e. The maximum atomic E-state index is 12.4. The van der Waals surface area contributed by atoms with Crippen LogP contribution >= 0.6 is 15.9 Å². The minimum Gasteiger partial charge on any atom is -0.294 e. The van der Waals surface area contributed by atoms with Gasteiger partial charge in [-0.2, -0.15) is 0 Å². The number of Topliss-reactive ketones (excluding diaryl/α,β-unsaturated/α-hetero) is 1. The summed E-state index contributed by atoms with van der Waals surface area (Å²) in [6, 6.07) is 12.3. The van der Waals surface area contributed by atoms with Gasteiger partial charge in [-0.1, -0.05) is 46.3 Å². The van der Waals surface area contributed by atoms with Gasteiger partial charge in [-0.15, -0.1) is 0 Å². The second kappa shape index (κ2) is 5.53. The van der Waals surface area contributed by atoms with E-state index in [-0.39, 0.29) is 5.78 Å². The number of hydrogen-bond donors (Lipinski definition) is 0. The van der Waals surface area contributed by atoms with Gasteiger partial charge in [-0.25, -0.2) is 0 Å². The van der Waals surface area contributed by atoms with Crippen molar-refractivity contribution in [2.24, 2.45) is 0 Å². The van der Waals surface area contributed by atoms with Gasteiger partial charge in [0.2, 0.25) is 0 Å². The summed E-state index contributed by atoms with van der Waals surface area (Å²) < 4.78 is 0.998. The SMILES string of the molecule is Cc1ccc(C(=O)Cc2ccc3c(c2)CCC3)cc1Br. The van der Waals surface area contributed by atoms with E-state index in [0.29, 0.717) is 6.42 Å². The number of ketones is 1. The highest BCUT2D eigenvalue weighted by molar-refractivity contribution is 9.10. The molecule has 0 saturated carbocycles. The number of rotatable bonds is 3. The average molecular weight is 329 g/mol. The summed E-state index contributed by atoms with van der Waals surface area (Å²) in [5.41, 5.74) is 5.95. The smallest absolute Gasteiger partial charge is 0.167 e. The zero-order valence-corrected chi connectivity index (χ0v) is 13.2. The van der Waals surface area contributed by atoms with Gasteiger partial charge in [0.25, 0.3) is 0 Å². The van der Waals surface area contributed by atoms with E-state index in [4.69, 9.17) is 0 Å². The van der Waals surface area contributed by atoms with Gasteiger partial charge in [0.1, 0.15) is 0 Å². The second-order valence-corrected chi connectivity index (χ2v) is 6.37.